The van der Waals surface area contributed by atoms with Crippen molar-refractivity contribution in [3.05, 3.63) is 12.2 Å². The van der Waals surface area contributed by atoms with Gasteiger partial charge in [-0.3, -0.25) is 14.4 Å². The SMILES string of the molecule is C=C(C)[C@@H]1CC[C@]2(CC(=O)N3CCC[C@H]3CN3CCCCC3)CC[C@]3(C)[C@H](CC[C@@H]4[C@@]5(C)CC[C@H](OC(=O)CC(C)(C)CC(=O)O)C(C)(C)[C@@H]5CC[C@]43C)[C@@H]12. The van der Waals surface area contributed by atoms with Crippen LogP contribution >= 0.6 is 0 Å². The lowest BCUT2D eigenvalue weighted by Crippen LogP contribution is -2.67. The molecule has 55 heavy (non-hydrogen) atoms. The standard InChI is InChI=1S/C48H78N2O5/c1-32(2)34-17-22-48(28-39(51)50-27-13-14-33(50)31-49-25-11-10-12-26-49)24-23-46(8)35(42(34)48)15-16-37-45(7)20-19-38(44(5,6)36(45)18-21-47(37,46)9)55-41(54)30-43(3,4)29-40(52)53/h33-38,42H,1,10-31H2,2-9H3,(H,52,53)/t33-,34-,35+,36-,37+,38-,42+,45-,46+,47+,48+/m0/s1. The van der Waals surface area contributed by atoms with Crippen molar-refractivity contribution in [2.45, 2.75) is 183 Å². The molecule has 0 bridgehead atoms. The number of allylic oxidation sites excluding steroid dienone is 1. The van der Waals surface area contributed by atoms with E-state index < -0.39 is 11.4 Å². The maximum absolute atomic E-state index is 14.6. The van der Waals surface area contributed by atoms with Gasteiger partial charge in [-0.1, -0.05) is 67.0 Å². The highest BCUT2D eigenvalue weighted by Crippen LogP contribution is 2.78. The van der Waals surface area contributed by atoms with Gasteiger partial charge in [0.2, 0.25) is 5.91 Å². The molecule has 0 aromatic rings. The van der Waals surface area contributed by atoms with Crippen molar-refractivity contribution in [3.63, 3.8) is 0 Å². The highest BCUT2D eigenvalue weighted by molar-refractivity contribution is 5.78. The Kier molecular flexibility index (Phi) is 11.1. The van der Waals surface area contributed by atoms with Crippen LogP contribution in [0.5, 0.6) is 0 Å². The predicted octanol–water partition coefficient (Wildman–Crippen LogP) is 10.3. The molecule has 7 heteroatoms. The number of aliphatic carboxylic acids is 1. The molecule has 0 radical (unpaired) electrons. The molecule has 7 nitrogen and oxygen atoms in total. The summed E-state index contributed by atoms with van der Waals surface area (Å²) >= 11 is 0. The van der Waals surface area contributed by atoms with Gasteiger partial charge in [0.05, 0.1) is 12.8 Å². The Hall–Kier alpha value is -1.89. The molecule has 0 aromatic carbocycles. The largest absolute Gasteiger partial charge is 0.481 e. The number of carboxylic acid groups (broad SMARTS) is 1. The fourth-order valence-electron chi connectivity index (χ4n) is 16.0. The van der Waals surface area contributed by atoms with E-state index >= 15 is 0 Å². The zero-order valence-corrected chi connectivity index (χ0v) is 36.3. The Balaban J connectivity index is 1.09. The molecular weight excluding hydrogens is 685 g/mol. The lowest BCUT2D eigenvalue weighted by atomic mass is 9.32. The van der Waals surface area contributed by atoms with Crippen LogP contribution in [0.1, 0.15) is 171 Å². The number of hydrogen-bond acceptors (Lipinski definition) is 5. The summed E-state index contributed by atoms with van der Waals surface area (Å²) in [5.74, 6) is 2.06. The number of carbonyl (C=O) groups excluding carboxylic acids is 2. The zero-order valence-electron chi connectivity index (χ0n) is 36.3. The summed E-state index contributed by atoms with van der Waals surface area (Å²) in [5.41, 5.74) is 1.25. The van der Waals surface area contributed by atoms with E-state index in [1.54, 1.807) is 0 Å². The first-order valence-corrected chi connectivity index (χ1v) is 22.8. The third-order valence-electron chi connectivity index (χ3n) is 18.8. The van der Waals surface area contributed by atoms with Crippen molar-refractivity contribution in [1.82, 2.24) is 9.80 Å². The van der Waals surface area contributed by atoms with Crippen molar-refractivity contribution in [3.8, 4) is 0 Å². The van der Waals surface area contributed by atoms with Gasteiger partial charge in [-0.05, 0) is 167 Å². The molecule has 2 heterocycles. The molecule has 7 fully saturated rings. The van der Waals surface area contributed by atoms with E-state index in [4.69, 9.17) is 4.74 Å². The molecule has 2 saturated heterocycles. The van der Waals surface area contributed by atoms with Crippen LogP contribution in [0.25, 0.3) is 0 Å². The maximum Gasteiger partial charge on any atom is 0.306 e. The molecule has 1 N–H and O–H groups in total. The van der Waals surface area contributed by atoms with Gasteiger partial charge in [0, 0.05) is 31.0 Å². The molecule has 310 valence electrons. The van der Waals surface area contributed by atoms with Crippen LogP contribution in [-0.2, 0) is 19.1 Å². The Morgan fingerprint density at radius 3 is 2.20 bits per heavy atom. The topological polar surface area (TPSA) is 87.2 Å². The lowest BCUT2D eigenvalue weighted by Gasteiger charge is -2.73. The second kappa shape index (κ2) is 14.7. The zero-order chi connectivity index (χ0) is 39.8. The Bertz CT molecular complexity index is 1500. The second-order valence-electron chi connectivity index (χ2n) is 22.7. The van der Waals surface area contributed by atoms with E-state index in [9.17, 15) is 19.5 Å². The summed E-state index contributed by atoms with van der Waals surface area (Å²) in [6, 6.07) is 0.393. The van der Waals surface area contributed by atoms with Crippen molar-refractivity contribution < 1.29 is 24.2 Å². The van der Waals surface area contributed by atoms with Gasteiger partial charge in [-0.15, -0.1) is 0 Å². The number of carbonyl (C=O) groups is 3. The van der Waals surface area contributed by atoms with E-state index in [0.717, 1.165) is 51.6 Å². The van der Waals surface area contributed by atoms with E-state index in [-0.39, 0.29) is 52.0 Å². The molecule has 0 aromatic heterocycles. The van der Waals surface area contributed by atoms with Gasteiger partial charge < -0.3 is 19.6 Å². The Labute approximate surface area is 334 Å². The van der Waals surface area contributed by atoms with Gasteiger partial charge in [0.25, 0.3) is 0 Å². The molecule has 5 aliphatic carbocycles. The first-order chi connectivity index (χ1) is 25.8. The van der Waals surface area contributed by atoms with Crippen LogP contribution in [0, 0.1) is 62.1 Å². The van der Waals surface area contributed by atoms with Crippen LogP contribution in [0.2, 0.25) is 0 Å². The van der Waals surface area contributed by atoms with Crippen LogP contribution in [0.15, 0.2) is 12.2 Å². The molecule has 1 amide bonds. The number of rotatable bonds is 10. The number of nitrogens with zero attached hydrogens (tertiary/aromatic N) is 2. The van der Waals surface area contributed by atoms with Crippen LogP contribution in [-0.4, -0.2) is 71.1 Å². The maximum atomic E-state index is 14.6. The summed E-state index contributed by atoms with van der Waals surface area (Å²) in [6.45, 7) is 27.7. The molecule has 2 aliphatic heterocycles. The third kappa shape index (κ3) is 7.06. The minimum atomic E-state index is -0.876. The second-order valence-corrected chi connectivity index (χ2v) is 22.7. The smallest absolute Gasteiger partial charge is 0.306 e. The normalized spacial score (nSPS) is 42.8. The molecule has 7 aliphatic rings. The lowest BCUT2D eigenvalue weighted by molar-refractivity contribution is -0.250. The van der Waals surface area contributed by atoms with E-state index in [0.29, 0.717) is 41.5 Å². The van der Waals surface area contributed by atoms with Crippen molar-refractivity contribution in [1.29, 1.82) is 0 Å². The summed E-state index contributed by atoms with van der Waals surface area (Å²) in [5, 5.41) is 9.38. The highest BCUT2D eigenvalue weighted by atomic mass is 16.5. The van der Waals surface area contributed by atoms with E-state index in [1.165, 1.54) is 82.9 Å². The van der Waals surface area contributed by atoms with E-state index in [2.05, 4.69) is 57.9 Å². The first kappa shape index (κ1) is 41.3. The van der Waals surface area contributed by atoms with Crippen molar-refractivity contribution >= 4 is 17.8 Å². The monoisotopic (exact) mass is 763 g/mol. The summed E-state index contributed by atoms with van der Waals surface area (Å²) < 4.78 is 6.32. The Morgan fingerprint density at radius 1 is 0.782 bits per heavy atom. The number of likely N-dealkylation sites (tertiary alicyclic amines) is 2. The molecule has 5 saturated carbocycles. The van der Waals surface area contributed by atoms with Crippen LogP contribution in [0.3, 0.4) is 0 Å². The van der Waals surface area contributed by atoms with E-state index in [1.807, 2.05) is 13.8 Å². The number of hydrogen-bond donors (Lipinski definition) is 1. The highest BCUT2D eigenvalue weighted by Gasteiger charge is 2.71. The summed E-state index contributed by atoms with van der Waals surface area (Å²) in [6.07, 6.45) is 18.6. The molecule has 0 spiro atoms. The average molecular weight is 763 g/mol. The minimum Gasteiger partial charge on any atom is -0.481 e. The fourth-order valence-corrected chi connectivity index (χ4v) is 16.0. The van der Waals surface area contributed by atoms with Crippen LogP contribution in [0.4, 0.5) is 0 Å². The number of fused-ring (bicyclic) bond motifs is 7. The molecule has 0 unspecified atom stereocenters. The fraction of sp³-hybridized carbons (Fsp3) is 0.896. The first-order valence-electron chi connectivity index (χ1n) is 22.8. The average Bonchev–Trinajstić information content (AvgIpc) is 3.71. The number of amides is 1. The van der Waals surface area contributed by atoms with Gasteiger partial charge in [-0.25, -0.2) is 0 Å². The number of piperidine rings is 1. The predicted molar refractivity (Wildman–Crippen MR) is 219 cm³/mol. The number of carboxylic acids is 1. The summed E-state index contributed by atoms with van der Waals surface area (Å²) in [7, 11) is 0. The molecular formula is C48H78N2O5. The quantitative estimate of drug-likeness (QED) is 0.176. The molecule has 11 atom stereocenters. The Morgan fingerprint density at radius 2 is 1.51 bits per heavy atom. The van der Waals surface area contributed by atoms with Crippen molar-refractivity contribution in [2.24, 2.45) is 62.1 Å². The van der Waals surface area contributed by atoms with Gasteiger partial charge in [0.1, 0.15) is 6.10 Å². The third-order valence-corrected chi connectivity index (χ3v) is 18.8. The number of esters is 1. The number of ether oxygens (including phenoxy) is 1. The summed E-state index contributed by atoms with van der Waals surface area (Å²) in [4.78, 5) is 44.3. The van der Waals surface area contributed by atoms with Gasteiger partial charge >= 0.3 is 11.9 Å². The molecule has 7 rings (SSSR count). The van der Waals surface area contributed by atoms with Gasteiger partial charge in [-0.2, -0.15) is 0 Å². The van der Waals surface area contributed by atoms with Crippen LogP contribution < -0.4 is 0 Å². The minimum absolute atomic E-state index is 0.0416. The van der Waals surface area contributed by atoms with Crippen molar-refractivity contribution in [2.75, 3.05) is 26.2 Å². The van der Waals surface area contributed by atoms with Gasteiger partial charge in [0.15, 0.2) is 0 Å².